The average molecular weight is 373 g/mol. The first kappa shape index (κ1) is 17.2. The van der Waals surface area contributed by atoms with E-state index in [1.54, 1.807) is 18.2 Å². The van der Waals surface area contributed by atoms with Crippen LogP contribution in [0.2, 0.25) is 0 Å². The lowest BCUT2D eigenvalue weighted by molar-refractivity contribution is -0.173. The number of halogens is 4. The lowest BCUT2D eigenvalue weighted by Crippen LogP contribution is -2.37. The van der Waals surface area contributed by atoms with Crippen molar-refractivity contribution >= 4 is 28.5 Å². The van der Waals surface area contributed by atoms with E-state index in [-0.39, 0.29) is 10.5 Å². The molecule has 1 amide bonds. The maximum Gasteiger partial charge on any atom is 0.471 e. The van der Waals surface area contributed by atoms with Crippen molar-refractivity contribution in [2.75, 3.05) is 6.54 Å². The summed E-state index contributed by atoms with van der Waals surface area (Å²) >= 11 is 2.18. The Labute approximate surface area is 118 Å². The zero-order valence-electron chi connectivity index (χ0n) is 9.93. The molecule has 0 heterocycles. The van der Waals surface area contributed by atoms with Crippen molar-refractivity contribution in [2.24, 2.45) is 0 Å². The first-order chi connectivity index (χ1) is 8.27. The van der Waals surface area contributed by atoms with Crippen LogP contribution < -0.4 is 5.32 Å². The Kier molecular flexibility index (Phi) is 7.97. The largest absolute Gasteiger partial charge is 0.471 e. The van der Waals surface area contributed by atoms with Crippen LogP contribution in [0.15, 0.2) is 36.5 Å². The van der Waals surface area contributed by atoms with Crippen molar-refractivity contribution < 1.29 is 18.0 Å². The third kappa shape index (κ3) is 8.32. The number of alkyl halides is 4. The summed E-state index contributed by atoms with van der Waals surface area (Å²) in [5.74, 6) is -1.91. The summed E-state index contributed by atoms with van der Waals surface area (Å²) in [7, 11) is 0. The molecule has 0 saturated carbocycles. The second-order valence-corrected chi connectivity index (χ2v) is 5.48. The molecule has 0 spiro atoms. The lowest BCUT2D eigenvalue weighted by Gasteiger charge is -2.08. The fourth-order valence-electron chi connectivity index (χ4n) is 1.13. The Morgan fingerprint density at radius 1 is 1.50 bits per heavy atom. The van der Waals surface area contributed by atoms with Gasteiger partial charge in [0, 0.05) is 10.5 Å². The number of nitrogens with one attached hydrogen (secondary N) is 1. The molecule has 0 fully saturated rings. The Hall–Kier alpha value is -0.790. The third-order valence-electron chi connectivity index (χ3n) is 1.85. The highest BCUT2D eigenvalue weighted by molar-refractivity contribution is 14.1. The molecule has 1 unspecified atom stereocenters. The molecule has 0 bridgehead atoms. The number of hydrogen-bond donors (Lipinski definition) is 1. The number of amides is 1. The van der Waals surface area contributed by atoms with Gasteiger partial charge in [-0.05, 0) is 18.9 Å². The van der Waals surface area contributed by atoms with E-state index in [1.807, 2.05) is 18.3 Å². The fraction of sp³-hybridized carbons (Fsp3) is 0.417. The van der Waals surface area contributed by atoms with Gasteiger partial charge in [-0.25, -0.2) is 0 Å². The Bertz CT molecular complexity index is 346. The second kappa shape index (κ2) is 8.34. The Balaban J connectivity index is 4.33. The van der Waals surface area contributed by atoms with Crippen LogP contribution in [0.5, 0.6) is 0 Å². The topological polar surface area (TPSA) is 29.1 Å². The number of rotatable bonds is 6. The first-order valence-electron chi connectivity index (χ1n) is 5.26. The smallest absolute Gasteiger partial charge is 0.348 e. The van der Waals surface area contributed by atoms with Gasteiger partial charge in [0.15, 0.2) is 0 Å². The van der Waals surface area contributed by atoms with E-state index in [4.69, 9.17) is 0 Å². The second-order valence-electron chi connectivity index (χ2n) is 3.52. The molecule has 0 radical (unpaired) electrons. The van der Waals surface area contributed by atoms with Crippen LogP contribution in [0.25, 0.3) is 0 Å². The molecule has 0 aliphatic heterocycles. The van der Waals surface area contributed by atoms with Crippen LogP contribution >= 0.6 is 22.6 Å². The lowest BCUT2D eigenvalue weighted by atomic mass is 10.1. The van der Waals surface area contributed by atoms with Crippen LogP contribution in [0, 0.1) is 0 Å². The highest BCUT2D eigenvalue weighted by atomic mass is 127. The van der Waals surface area contributed by atoms with Crippen molar-refractivity contribution in [3.8, 4) is 0 Å². The normalized spacial score (nSPS) is 14.6. The minimum Gasteiger partial charge on any atom is -0.348 e. The monoisotopic (exact) mass is 373 g/mol. The van der Waals surface area contributed by atoms with E-state index in [2.05, 4.69) is 29.2 Å². The SMILES string of the molecule is C=C/C=C\C(=C/C(C)I)CCNC(=O)C(F)(F)F. The van der Waals surface area contributed by atoms with Crippen molar-refractivity contribution in [3.05, 3.63) is 36.5 Å². The zero-order valence-corrected chi connectivity index (χ0v) is 12.1. The molecule has 1 N–H and O–H groups in total. The van der Waals surface area contributed by atoms with Crippen LogP contribution in [-0.4, -0.2) is 22.6 Å². The van der Waals surface area contributed by atoms with Crippen LogP contribution in [0.1, 0.15) is 13.3 Å². The minimum atomic E-state index is -4.82. The van der Waals surface area contributed by atoms with Crippen LogP contribution in [0.3, 0.4) is 0 Å². The van der Waals surface area contributed by atoms with Gasteiger partial charge in [-0.3, -0.25) is 4.79 Å². The van der Waals surface area contributed by atoms with Crippen LogP contribution in [-0.2, 0) is 4.79 Å². The van der Waals surface area contributed by atoms with E-state index < -0.39 is 12.1 Å². The Morgan fingerprint density at radius 2 is 2.11 bits per heavy atom. The standard InChI is InChI=1S/C12H15F3INO/c1-3-4-5-10(8-9(2)16)6-7-17-11(18)12(13,14)15/h3-5,8-9H,1,6-7H2,2H3,(H,17,18)/b5-4-,10-8+. The van der Waals surface area contributed by atoms with Gasteiger partial charge in [0.25, 0.3) is 0 Å². The molecule has 1 atom stereocenters. The molecule has 0 aromatic heterocycles. The average Bonchev–Trinajstić information content (AvgIpc) is 2.23. The van der Waals surface area contributed by atoms with E-state index in [0.717, 1.165) is 5.57 Å². The molecule has 102 valence electrons. The van der Waals surface area contributed by atoms with E-state index in [1.165, 1.54) is 0 Å². The van der Waals surface area contributed by atoms with Gasteiger partial charge in [-0.1, -0.05) is 53.5 Å². The highest BCUT2D eigenvalue weighted by Gasteiger charge is 2.38. The zero-order chi connectivity index (χ0) is 14.2. The van der Waals surface area contributed by atoms with Gasteiger partial charge in [-0.2, -0.15) is 13.2 Å². The first-order valence-corrected chi connectivity index (χ1v) is 6.50. The summed E-state index contributed by atoms with van der Waals surface area (Å²) in [5, 5.41) is 1.84. The molecular formula is C12H15F3INO. The molecule has 0 aromatic carbocycles. The molecule has 6 heteroatoms. The summed E-state index contributed by atoms with van der Waals surface area (Å²) in [6.45, 7) is 5.43. The molecule has 18 heavy (non-hydrogen) atoms. The summed E-state index contributed by atoms with van der Waals surface area (Å²) in [4.78, 5) is 10.6. The maximum absolute atomic E-state index is 11.9. The van der Waals surface area contributed by atoms with Crippen molar-refractivity contribution in [2.45, 2.75) is 23.4 Å². The van der Waals surface area contributed by atoms with E-state index in [9.17, 15) is 18.0 Å². The molecule has 0 aliphatic rings. The van der Waals surface area contributed by atoms with Gasteiger partial charge in [0.05, 0.1) is 0 Å². The predicted octanol–water partition coefficient (Wildman–Crippen LogP) is 3.55. The Morgan fingerprint density at radius 3 is 2.56 bits per heavy atom. The highest BCUT2D eigenvalue weighted by Crippen LogP contribution is 2.14. The van der Waals surface area contributed by atoms with Gasteiger partial charge < -0.3 is 5.32 Å². The summed E-state index contributed by atoms with van der Waals surface area (Å²) in [6, 6.07) is 0. The van der Waals surface area contributed by atoms with Crippen molar-refractivity contribution in [1.29, 1.82) is 0 Å². The number of allylic oxidation sites excluding steroid dienone is 4. The van der Waals surface area contributed by atoms with E-state index >= 15 is 0 Å². The fourth-order valence-corrected chi connectivity index (χ4v) is 1.59. The quantitative estimate of drug-likeness (QED) is 0.431. The summed E-state index contributed by atoms with van der Waals surface area (Å²) in [6.07, 6.45) is 2.50. The van der Waals surface area contributed by atoms with E-state index in [0.29, 0.717) is 6.42 Å². The van der Waals surface area contributed by atoms with Gasteiger partial charge in [0.2, 0.25) is 0 Å². The van der Waals surface area contributed by atoms with Gasteiger partial charge >= 0.3 is 12.1 Å². The molecule has 2 nitrogen and oxygen atoms in total. The van der Waals surface area contributed by atoms with Crippen molar-refractivity contribution in [1.82, 2.24) is 5.32 Å². The third-order valence-corrected chi connectivity index (χ3v) is 2.21. The molecule has 0 aliphatic carbocycles. The van der Waals surface area contributed by atoms with Gasteiger partial charge in [0.1, 0.15) is 0 Å². The number of carbonyl (C=O) groups excluding carboxylic acids is 1. The summed E-state index contributed by atoms with van der Waals surface area (Å²) in [5.41, 5.74) is 0.860. The molecule has 0 saturated heterocycles. The maximum atomic E-state index is 11.9. The molecular weight excluding hydrogens is 358 g/mol. The molecule has 0 aromatic rings. The number of hydrogen-bond acceptors (Lipinski definition) is 1. The van der Waals surface area contributed by atoms with Crippen molar-refractivity contribution in [3.63, 3.8) is 0 Å². The van der Waals surface area contributed by atoms with Gasteiger partial charge in [-0.15, -0.1) is 0 Å². The minimum absolute atomic E-state index is 0.0466. The predicted molar refractivity (Wildman–Crippen MR) is 74.6 cm³/mol. The summed E-state index contributed by atoms with van der Waals surface area (Å²) < 4.78 is 36.0. The molecule has 0 rings (SSSR count). The van der Waals surface area contributed by atoms with Crippen LogP contribution in [0.4, 0.5) is 13.2 Å². The number of carbonyl (C=O) groups is 1.